The molecule has 2 heterocycles. The highest BCUT2D eigenvalue weighted by atomic mass is 32.1. The minimum Gasteiger partial charge on any atom is -0.308 e. The SMILES string of the molecule is CCN1CCCC(NC)(c2nc(C)cs2)CC1. The lowest BCUT2D eigenvalue weighted by molar-refractivity contribution is 0.273. The van der Waals surface area contributed by atoms with E-state index in [1.165, 1.54) is 37.4 Å². The van der Waals surface area contributed by atoms with Gasteiger partial charge < -0.3 is 10.2 Å². The molecule has 0 amide bonds. The van der Waals surface area contributed by atoms with Crippen molar-refractivity contribution < 1.29 is 0 Å². The van der Waals surface area contributed by atoms with Gasteiger partial charge in [0.25, 0.3) is 0 Å². The predicted molar refractivity (Wildman–Crippen MR) is 73.6 cm³/mol. The number of aromatic nitrogens is 1. The van der Waals surface area contributed by atoms with Crippen LogP contribution >= 0.6 is 11.3 Å². The van der Waals surface area contributed by atoms with Crippen LogP contribution in [0.3, 0.4) is 0 Å². The van der Waals surface area contributed by atoms with Crippen molar-refractivity contribution in [2.75, 3.05) is 26.7 Å². The summed E-state index contributed by atoms with van der Waals surface area (Å²) >= 11 is 1.81. The van der Waals surface area contributed by atoms with Crippen LogP contribution in [0.2, 0.25) is 0 Å². The van der Waals surface area contributed by atoms with Crippen LogP contribution in [0.1, 0.15) is 36.9 Å². The van der Waals surface area contributed by atoms with Crippen LogP contribution in [0, 0.1) is 6.92 Å². The van der Waals surface area contributed by atoms with Crippen molar-refractivity contribution in [3.63, 3.8) is 0 Å². The van der Waals surface area contributed by atoms with Crippen LogP contribution < -0.4 is 5.32 Å². The van der Waals surface area contributed by atoms with E-state index in [1.54, 1.807) is 11.3 Å². The quantitative estimate of drug-likeness (QED) is 0.896. The summed E-state index contributed by atoms with van der Waals surface area (Å²) < 4.78 is 0. The van der Waals surface area contributed by atoms with Gasteiger partial charge in [-0.2, -0.15) is 0 Å². The van der Waals surface area contributed by atoms with Crippen LogP contribution in [-0.2, 0) is 5.54 Å². The molecule has 3 nitrogen and oxygen atoms in total. The molecule has 0 saturated carbocycles. The average molecular weight is 253 g/mol. The number of aryl methyl sites for hydroxylation is 1. The molecule has 0 aromatic carbocycles. The van der Waals surface area contributed by atoms with Gasteiger partial charge in [0.15, 0.2) is 0 Å². The van der Waals surface area contributed by atoms with Crippen molar-refractivity contribution in [2.45, 2.75) is 38.6 Å². The van der Waals surface area contributed by atoms with Crippen molar-refractivity contribution in [1.82, 2.24) is 15.2 Å². The molecule has 4 heteroatoms. The Bertz CT molecular complexity index is 363. The van der Waals surface area contributed by atoms with E-state index in [2.05, 4.69) is 36.5 Å². The predicted octanol–water partition coefficient (Wildman–Crippen LogP) is 2.37. The average Bonchev–Trinajstić information content (AvgIpc) is 2.67. The smallest absolute Gasteiger partial charge is 0.113 e. The normalized spacial score (nSPS) is 27.0. The minimum absolute atomic E-state index is 0.114. The van der Waals surface area contributed by atoms with Gasteiger partial charge in [-0.3, -0.25) is 0 Å². The Balaban J connectivity index is 2.19. The fourth-order valence-electron chi connectivity index (χ4n) is 2.65. The number of nitrogens with one attached hydrogen (secondary N) is 1. The highest BCUT2D eigenvalue weighted by Gasteiger charge is 2.35. The van der Waals surface area contributed by atoms with Gasteiger partial charge in [-0.25, -0.2) is 4.98 Å². The van der Waals surface area contributed by atoms with Crippen LogP contribution in [-0.4, -0.2) is 36.6 Å². The first-order valence-electron chi connectivity index (χ1n) is 6.54. The summed E-state index contributed by atoms with van der Waals surface area (Å²) in [6, 6.07) is 0. The number of hydrogen-bond donors (Lipinski definition) is 1. The first kappa shape index (κ1) is 13.0. The number of rotatable bonds is 3. The number of likely N-dealkylation sites (tertiary alicyclic amines) is 1. The van der Waals surface area contributed by atoms with Crippen LogP contribution in [0.15, 0.2) is 5.38 Å². The van der Waals surface area contributed by atoms with Gasteiger partial charge in [-0.1, -0.05) is 6.92 Å². The second-order valence-corrected chi connectivity index (χ2v) is 5.77. The molecule has 1 N–H and O–H groups in total. The molecule has 96 valence electrons. The maximum Gasteiger partial charge on any atom is 0.113 e. The van der Waals surface area contributed by atoms with Crippen molar-refractivity contribution >= 4 is 11.3 Å². The van der Waals surface area contributed by atoms with Crippen molar-refractivity contribution in [3.05, 3.63) is 16.1 Å². The number of thiazole rings is 1. The Morgan fingerprint density at radius 1 is 1.47 bits per heavy atom. The van der Waals surface area contributed by atoms with Crippen molar-refractivity contribution in [3.8, 4) is 0 Å². The molecule has 0 radical (unpaired) electrons. The van der Waals surface area contributed by atoms with Gasteiger partial charge in [0.1, 0.15) is 5.01 Å². The Labute approximate surface area is 108 Å². The van der Waals surface area contributed by atoms with Gasteiger partial charge in [-0.05, 0) is 46.3 Å². The maximum atomic E-state index is 4.71. The van der Waals surface area contributed by atoms with Crippen LogP contribution in [0.5, 0.6) is 0 Å². The van der Waals surface area contributed by atoms with E-state index in [-0.39, 0.29) is 5.54 Å². The van der Waals surface area contributed by atoms with Gasteiger partial charge in [-0.15, -0.1) is 11.3 Å². The molecule has 1 aromatic rings. The monoisotopic (exact) mass is 253 g/mol. The molecule has 1 aliphatic rings. The fraction of sp³-hybridized carbons (Fsp3) is 0.769. The van der Waals surface area contributed by atoms with Gasteiger partial charge >= 0.3 is 0 Å². The third kappa shape index (κ3) is 2.69. The Morgan fingerprint density at radius 3 is 2.88 bits per heavy atom. The zero-order chi connectivity index (χ0) is 12.3. The number of nitrogens with zero attached hydrogens (tertiary/aromatic N) is 2. The van der Waals surface area contributed by atoms with E-state index in [9.17, 15) is 0 Å². The molecule has 1 atom stereocenters. The second-order valence-electron chi connectivity index (χ2n) is 4.91. The summed E-state index contributed by atoms with van der Waals surface area (Å²) in [5.41, 5.74) is 1.26. The summed E-state index contributed by atoms with van der Waals surface area (Å²) in [5, 5.41) is 6.99. The summed E-state index contributed by atoms with van der Waals surface area (Å²) in [7, 11) is 2.08. The molecular formula is C13H23N3S. The van der Waals surface area contributed by atoms with E-state index in [0.717, 1.165) is 12.2 Å². The highest BCUT2D eigenvalue weighted by Crippen LogP contribution is 2.34. The molecule has 1 aliphatic heterocycles. The topological polar surface area (TPSA) is 28.2 Å². The number of hydrogen-bond acceptors (Lipinski definition) is 4. The first-order valence-corrected chi connectivity index (χ1v) is 7.42. The minimum atomic E-state index is 0.114. The third-order valence-corrected chi connectivity index (χ3v) is 5.05. The van der Waals surface area contributed by atoms with Gasteiger partial charge in [0.05, 0.1) is 5.54 Å². The first-order chi connectivity index (χ1) is 8.20. The Hall–Kier alpha value is -0.450. The molecule has 17 heavy (non-hydrogen) atoms. The van der Waals surface area contributed by atoms with E-state index in [0.29, 0.717) is 0 Å². The molecule has 0 aliphatic carbocycles. The van der Waals surface area contributed by atoms with E-state index < -0.39 is 0 Å². The molecule has 0 bridgehead atoms. The highest BCUT2D eigenvalue weighted by molar-refractivity contribution is 7.09. The van der Waals surface area contributed by atoms with Crippen LogP contribution in [0.25, 0.3) is 0 Å². The second kappa shape index (κ2) is 5.46. The van der Waals surface area contributed by atoms with E-state index in [1.807, 2.05) is 0 Å². The van der Waals surface area contributed by atoms with E-state index in [4.69, 9.17) is 4.98 Å². The molecule has 1 fully saturated rings. The third-order valence-electron chi connectivity index (χ3n) is 3.89. The van der Waals surface area contributed by atoms with E-state index >= 15 is 0 Å². The van der Waals surface area contributed by atoms with Gasteiger partial charge in [0, 0.05) is 17.6 Å². The largest absolute Gasteiger partial charge is 0.308 e. The lowest BCUT2D eigenvalue weighted by Crippen LogP contribution is -2.40. The summed E-state index contributed by atoms with van der Waals surface area (Å²) in [5.74, 6) is 0. The lowest BCUT2D eigenvalue weighted by Gasteiger charge is -2.30. The summed E-state index contributed by atoms with van der Waals surface area (Å²) in [6.07, 6.45) is 3.63. The molecule has 0 spiro atoms. The lowest BCUT2D eigenvalue weighted by atomic mass is 9.91. The molecule has 2 rings (SSSR count). The standard InChI is InChI=1S/C13H23N3S/c1-4-16-8-5-6-13(14-3,7-9-16)12-15-11(2)10-17-12/h10,14H,4-9H2,1-3H3. The van der Waals surface area contributed by atoms with Crippen molar-refractivity contribution in [2.24, 2.45) is 0 Å². The summed E-state index contributed by atoms with van der Waals surface area (Å²) in [4.78, 5) is 7.25. The molecule has 1 unspecified atom stereocenters. The maximum absolute atomic E-state index is 4.71. The Morgan fingerprint density at radius 2 is 2.29 bits per heavy atom. The zero-order valence-electron chi connectivity index (χ0n) is 11.1. The fourth-order valence-corrected chi connectivity index (χ4v) is 3.71. The zero-order valence-corrected chi connectivity index (χ0v) is 11.9. The molecular weight excluding hydrogens is 230 g/mol. The summed E-state index contributed by atoms with van der Waals surface area (Å²) in [6.45, 7) is 7.90. The van der Waals surface area contributed by atoms with Crippen LogP contribution in [0.4, 0.5) is 0 Å². The van der Waals surface area contributed by atoms with Gasteiger partial charge in [0.2, 0.25) is 0 Å². The van der Waals surface area contributed by atoms with Crippen molar-refractivity contribution in [1.29, 1.82) is 0 Å². The Kier molecular flexibility index (Phi) is 4.17. The molecule has 1 saturated heterocycles. The molecule has 1 aromatic heterocycles.